The standard InChI is InChI=1S/C17H23NO2/c1-18(2)11-7-10-15-14-9-6-5-8-13(14)12-16(19-3)17(15)20-4/h5-6,8-9,12H,7,10-11H2,1-4H3. The summed E-state index contributed by atoms with van der Waals surface area (Å²) in [6, 6.07) is 10.4. The molecule has 3 nitrogen and oxygen atoms in total. The van der Waals surface area contributed by atoms with E-state index >= 15 is 0 Å². The number of nitrogens with zero attached hydrogens (tertiary/aromatic N) is 1. The van der Waals surface area contributed by atoms with Crippen LogP contribution < -0.4 is 9.47 Å². The van der Waals surface area contributed by atoms with Crippen molar-refractivity contribution < 1.29 is 9.47 Å². The highest BCUT2D eigenvalue weighted by molar-refractivity contribution is 5.90. The van der Waals surface area contributed by atoms with Crippen LogP contribution in [0.3, 0.4) is 0 Å². The van der Waals surface area contributed by atoms with Gasteiger partial charge < -0.3 is 14.4 Å². The highest BCUT2D eigenvalue weighted by Gasteiger charge is 2.14. The van der Waals surface area contributed by atoms with Crippen LogP contribution in [0, 0.1) is 0 Å². The molecule has 0 radical (unpaired) electrons. The number of aryl methyl sites for hydroxylation is 1. The van der Waals surface area contributed by atoms with Crippen molar-refractivity contribution in [1.29, 1.82) is 0 Å². The van der Waals surface area contributed by atoms with Crippen molar-refractivity contribution in [1.82, 2.24) is 4.90 Å². The lowest BCUT2D eigenvalue weighted by atomic mass is 9.99. The molecule has 0 saturated carbocycles. The average Bonchev–Trinajstić information content (AvgIpc) is 2.46. The van der Waals surface area contributed by atoms with Crippen LogP contribution in [0.2, 0.25) is 0 Å². The Labute approximate surface area is 121 Å². The van der Waals surface area contributed by atoms with E-state index in [1.54, 1.807) is 14.2 Å². The third-order valence-corrected chi connectivity index (χ3v) is 3.53. The number of hydrogen-bond donors (Lipinski definition) is 0. The molecule has 0 bridgehead atoms. The molecule has 2 aromatic rings. The van der Waals surface area contributed by atoms with E-state index in [1.807, 2.05) is 6.07 Å². The molecule has 0 aliphatic carbocycles. The minimum atomic E-state index is 0.811. The molecule has 0 aliphatic heterocycles. The smallest absolute Gasteiger partial charge is 0.164 e. The Balaban J connectivity index is 2.46. The summed E-state index contributed by atoms with van der Waals surface area (Å²) >= 11 is 0. The second-order valence-electron chi connectivity index (χ2n) is 5.22. The van der Waals surface area contributed by atoms with Crippen molar-refractivity contribution >= 4 is 10.8 Å². The van der Waals surface area contributed by atoms with Gasteiger partial charge in [-0.3, -0.25) is 0 Å². The Kier molecular flexibility index (Phi) is 4.85. The van der Waals surface area contributed by atoms with Gasteiger partial charge in [0, 0.05) is 5.56 Å². The van der Waals surface area contributed by atoms with Gasteiger partial charge in [0.05, 0.1) is 14.2 Å². The largest absolute Gasteiger partial charge is 0.493 e. The van der Waals surface area contributed by atoms with Crippen LogP contribution in [0.5, 0.6) is 11.5 Å². The average molecular weight is 273 g/mol. The van der Waals surface area contributed by atoms with Gasteiger partial charge >= 0.3 is 0 Å². The fourth-order valence-corrected chi connectivity index (χ4v) is 2.57. The lowest BCUT2D eigenvalue weighted by Gasteiger charge is -2.17. The summed E-state index contributed by atoms with van der Waals surface area (Å²) in [7, 11) is 7.60. The summed E-state index contributed by atoms with van der Waals surface area (Å²) in [6.45, 7) is 1.06. The fraction of sp³-hybridized carbons (Fsp3) is 0.412. The van der Waals surface area contributed by atoms with E-state index < -0.39 is 0 Å². The maximum atomic E-state index is 5.59. The summed E-state index contributed by atoms with van der Waals surface area (Å²) in [5.74, 6) is 1.68. The molecule has 0 heterocycles. The molecule has 20 heavy (non-hydrogen) atoms. The van der Waals surface area contributed by atoms with Crippen LogP contribution in [0.4, 0.5) is 0 Å². The summed E-state index contributed by atoms with van der Waals surface area (Å²) in [6.07, 6.45) is 2.08. The van der Waals surface area contributed by atoms with Crippen LogP contribution in [0.25, 0.3) is 10.8 Å². The first kappa shape index (κ1) is 14.7. The Bertz CT molecular complexity index is 578. The van der Waals surface area contributed by atoms with Crippen LogP contribution in [0.1, 0.15) is 12.0 Å². The van der Waals surface area contributed by atoms with Crippen molar-refractivity contribution in [3.8, 4) is 11.5 Å². The number of methoxy groups -OCH3 is 2. The number of rotatable bonds is 6. The van der Waals surface area contributed by atoms with Gasteiger partial charge in [0.1, 0.15) is 0 Å². The van der Waals surface area contributed by atoms with Gasteiger partial charge in [-0.15, -0.1) is 0 Å². The Hall–Kier alpha value is -1.74. The van der Waals surface area contributed by atoms with Gasteiger partial charge in [0.25, 0.3) is 0 Å². The molecule has 0 spiro atoms. The van der Waals surface area contributed by atoms with Crippen molar-refractivity contribution in [2.75, 3.05) is 34.9 Å². The second kappa shape index (κ2) is 6.62. The van der Waals surface area contributed by atoms with Crippen LogP contribution in [-0.4, -0.2) is 39.8 Å². The van der Waals surface area contributed by atoms with E-state index in [0.717, 1.165) is 30.9 Å². The zero-order valence-corrected chi connectivity index (χ0v) is 12.8. The number of fused-ring (bicyclic) bond motifs is 1. The van der Waals surface area contributed by atoms with Crippen molar-refractivity contribution in [2.45, 2.75) is 12.8 Å². The van der Waals surface area contributed by atoms with Crippen LogP contribution >= 0.6 is 0 Å². The van der Waals surface area contributed by atoms with Crippen molar-refractivity contribution in [3.63, 3.8) is 0 Å². The maximum Gasteiger partial charge on any atom is 0.164 e. The topological polar surface area (TPSA) is 21.7 Å². The van der Waals surface area contributed by atoms with E-state index in [9.17, 15) is 0 Å². The predicted molar refractivity (Wildman–Crippen MR) is 83.9 cm³/mol. The zero-order valence-electron chi connectivity index (χ0n) is 12.8. The molecular weight excluding hydrogens is 250 g/mol. The first-order valence-electron chi connectivity index (χ1n) is 6.94. The summed E-state index contributed by atoms with van der Waals surface area (Å²) < 4.78 is 11.1. The normalized spacial score (nSPS) is 11.1. The van der Waals surface area contributed by atoms with E-state index in [1.165, 1.54) is 16.3 Å². The number of benzene rings is 2. The molecule has 0 N–H and O–H groups in total. The van der Waals surface area contributed by atoms with E-state index in [-0.39, 0.29) is 0 Å². The van der Waals surface area contributed by atoms with Gasteiger partial charge in [-0.25, -0.2) is 0 Å². The maximum absolute atomic E-state index is 5.59. The summed E-state index contributed by atoms with van der Waals surface area (Å²) in [5.41, 5.74) is 1.24. The molecule has 0 unspecified atom stereocenters. The molecule has 0 atom stereocenters. The molecular formula is C17H23NO2. The Morgan fingerprint density at radius 3 is 2.45 bits per heavy atom. The third-order valence-electron chi connectivity index (χ3n) is 3.53. The van der Waals surface area contributed by atoms with E-state index in [4.69, 9.17) is 9.47 Å². The number of hydrogen-bond acceptors (Lipinski definition) is 3. The highest BCUT2D eigenvalue weighted by Crippen LogP contribution is 2.38. The Morgan fingerprint density at radius 2 is 1.80 bits per heavy atom. The molecule has 0 amide bonds. The molecule has 108 valence electrons. The third kappa shape index (κ3) is 3.05. The van der Waals surface area contributed by atoms with Crippen molar-refractivity contribution in [2.24, 2.45) is 0 Å². The minimum Gasteiger partial charge on any atom is -0.493 e. The highest BCUT2D eigenvalue weighted by atomic mass is 16.5. The van der Waals surface area contributed by atoms with E-state index in [2.05, 4.69) is 43.3 Å². The molecule has 0 fully saturated rings. The molecule has 2 rings (SSSR count). The van der Waals surface area contributed by atoms with E-state index in [0.29, 0.717) is 0 Å². The second-order valence-corrected chi connectivity index (χ2v) is 5.22. The zero-order chi connectivity index (χ0) is 14.5. The van der Waals surface area contributed by atoms with Gasteiger partial charge in [-0.2, -0.15) is 0 Å². The summed E-state index contributed by atoms with van der Waals surface area (Å²) in [5, 5.41) is 2.45. The van der Waals surface area contributed by atoms with Gasteiger partial charge in [0.15, 0.2) is 11.5 Å². The summed E-state index contributed by atoms with van der Waals surface area (Å²) in [4.78, 5) is 2.20. The predicted octanol–water partition coefficient (Wildman–Crippen LogP) is 3.35. The Morgan fingerprint density at radius 1 is 1.05 bits per heavy atom. The molecule has 0 aromatic heterocycles. The van der Waals surface area contributed by atoms with Gasteiger partial charge in [0.2, 0.25) is 0 Å². The number of ether oxygens (including phenoxy) is 2. The first-order valence-corrected chi connectivity index (χ1v) is 6.94. The minimum absolute atomic E-state index is 0.811. The van der Waals surface area contributed by atoms with Crippen LogP contribution in [-0.2, 0) is 6.42 Å². The van der Waals surface area contributed by atoms with Gasteiger partial charge in [-0.05, 0) is 50.3 Å². The monoisotopic (exact) mass is 273 g/mol. The lowest BCUT2D eigenvalue weighted by molar-refractivity contribution is 0.350. The molecule has 0 aliphatic rings. The molecule has 0 saturated heterocycles. The van der Waals surface area contributed by atoms with Crippen LogP contribution in [0.15, 0.2) is 30.3 Å². The molecule has 3 heteroatoms. The quantitative estimate of drug-likeness (QED) is 0.805. The van der Waals surface area contributed by atoms with Gasteiger partial charge in [-0.1, -0.05) is 24.3 Å². The molecule has 2 aromatic carbocycles. The fourth-order valence-electron chi connectivity index (χ4n) is 2.57. The lowest BCUT2D eigenvalue weighted by Crippen LogP contribution is -2.13. The SMILES string of the molecule is COc1cc2ccccc2c(CCCN(C)C)c1OC. The van der Waals surface area contributed by atoms with Crippen molar-refractivity contribution in [3.05, 3.63) is 35.9 Å². The first-order chi connectivity index (χ1) is 9.67.